The van der Waals surface area contributed by atoms with Crippen LogP contribution in [0.2, 0.25) is 5.02 Å². The van der Waals surface area contributed by atoms with E-state index in [9.17, 15) is 5.11 Å². The van der Waals surface area contributed by atoms with E-state index in [0.717, 1.165) is 15.7 Å². The Morgan fingerprint density at radius 3 is 2.83 bits per heavy atom. The fraction of sp³-hybridized carbons (Fsp3) is 0.571. The number of halogens is 2. The van der Waals surface area contributed by atoms with E-state index in [4.69, 9.17) is 11.6 Å². The number of anilines is 1. The van der Waals surface area contributed by atoms with Gasteiger partial charge >= 0.3 is 0 Å². The minimum atomic E-state index is -0.276. The van der Waals surface area contributed by atoms with Crippen molar-refractivity contribution < 1.29 is 5.11 Å². The van der Waals surface area contributed by atoms with Gasteiger partial charge < -0.3 is 10.4 Å². The van der Waals surface area contributed by atoms with Gasteiger partial charge in [0.2, 0.25) is 0 Å². The molecule has 18 heavy (non-hydrogen) atoms. The molecule has 1 atom stereocenters. The normalized spacial score (nSPS) is 17.9. The molecule has 0 amide bonds. The second-order valence-electron chi connectivity index (χ2n) is 5.05. The summed E-state index contributed by atoms with van der Waals surface area (Å²) in [7, 11) is 0. The van der Waals surface area contributed by atoms with E-state index in [2.05, 4.69) is 27.9 Å². The van der Waals surface area contributed by atoms with Crippen molar-refractivity contribution in [2.75, 3.05) is 11.9 Å². The van der Waals surface area contributed by atoms with Gasteiger partial charge in [0, 0.05) is 10.1 Å². The van der Waals surface area contributed by atoms with Crippen LogP contribution >= 0.6 is 34.2 Å². The molecular weight excluding hydrogens is 361 g/mol. The smallest absolute Gasteiger partial charge is 0.0715 e. The predicted molar refractivity (Wildman–Crippen MR) is 85.2 cm³/mol. The second-order valence-corrected chi connectivity index (χ2v) is 6.70. The summed E-state index contributed by atoms with van der Waals surface area (Å²) in [4.78, 5) is 0. The second kappa shape index (κ2) is 6.96. The summed E-state index contributed by atoms with van der Waals surface area (Å²) in [6.07, 6.45) is 5.85. The van der Waals surface area contributed by atoms with E-state index in [1.807, 2.05) is 18.2 Å². The third-order valence-corrected chi connectivity index (χ3v) is 4.54. The van der Waals surface area contributed by atoms with Crippen molar-refractivity contribution >= 4 is 39.9 Å². The number of nitrogens with one attached hydrogen (secondary N) is 1. The van der Waals surface area contributed by atoms with E-state index in [1.54, 1.807) is 0 Å². The number of aliphatic hydroxyl groups excluding tert-OH is 1. The van der Waals surface area contributed by atoms with Crippen molar-refractivity contribution in [2.45, 2.75) is 38.2 Å². The Morgan fingerprint density at radius 1 is 1.39 bits per heavy atom. The van der Waals surface area contributed by atoms with Gasteiger partial charge in [-0.05, 0) is 53.1 Å². The number of hydrogen-bond donors (Lipinski definition) is 2. The summed E-state index contributed by atoms with van der Waals surface area (Å²) in [6, 6.07) is 5.86. The molecule has 0 bridgehead atoms. The summed E-state index contributed by atoms with van der Waals surface area (Å²) in [5, 5.41) is 14.0. The van der Waals surface area contributed by atoms with Gasteiger partial charge in [-0.25, -0.2) is 0 Å². The summed E-state index contributed by atoms with van der Waals surface area (Å²) >= 11 is 8.36. The topological polar surface area (TPSA) is 32.3 Å². The van der Waals surface area contributed by atoms with Gasteiger partial charge in [0.25, 0.3) is 0 Å². The van der Waals surface area contributed by atoms with Gasteiger partial charge in [-0.1, -0.05) is 37.3 Å². The van der Waals surface area contributed by atoms with Crippen molar-refractivity contribution in [1.29, 1.82) is 0 Å². The average molecular weight is 380 g/mol. The van der Waals surface area contributed by atoms with Crippen molar-refractivity contribution in [2.24, 2.45) is 5.92 Å². The summed E-state index contributed by atoms with van der Waals surface area (Å²) in [5.41, 5.74) is 0.911. The molecule has 0 aromatic heterocycles. The molecule has 2 nitrogen and oxygen atoms in total. The van der Waals surface area contributed by atoms with Crippen molar-refractivity contribution in [3.05, 3.63) is 26.8 Å². The van der Waals surface area contributed by atoms with Crippen LogP contribution in [0.15, 0.2) is 18.2 Å². The van der Waals surface area contributed by atoms with Gasteiger partial charge in [0.05, 0.1) is 16.8 Å². The molecular formula is C14H19ClINO. The van der Waals surface area contributed by atoms with Gasteiger partial charge in [-0.3, -0.25) is 0 Å². The molecule has 1 fully saturated rings. The fourth-order valence-electron chi connectivity index (χ4n) is 2.57. The molecule has 1 aliphatic rings. The first kappa shape index (κ1) is 14.4. The minimum Gasteiger partial charge on any atom is -0.391 e. The van der Waals surface area contributed by atoms with Crippen LogP contribution in [0.5, 0.6) is 0 Å². The van der Waals surface area contributed by atoms with E-state index in [1.165, 1.54) is 25.7 Å². The Labute approximate surface area is 127 Å². The van der Waals surface area contributed by atoms with Crippen LogP contribution in [0.3, 0.4) is 0 Å². The molecule has 1 aromatic carbocycles. The van der Waals surface area contributed by atoms with Crippen LogP contribution in [0.1, 0.15) is 32.1 Å². The van der Waals surface area contributed by atoms with Crippen LogP contribution in [0.25, 0.3) is 0 Å². The highest BCUT2D eigenvalue weighted by atomic mass is 127. The van der Waals surface area contributed by atoms with Crippen LogP contribution in [-0.4, -0.2) is 17.8 Å². The maximum Gasteiger partial charge on any atom is 0.0715 e. The largest absolute Gasteiger partial charge is 0.391 e. The SMILES string of the molecule is OC(CNc1cc(I)ccc1Cl)CC1CCCC1. The number of aliphatic hydroxyl groups is 1. The van der Waals surface area contributed by atoms with E-state index in [0.29, 0.717) is 17.5 Å². The zero-order valence-electron chi connectivity index (χ0n) is 10.3. The number of benzene rings is 1. The Hall–Kier alpha value is -0.0000000000000000555. The van der Waals surface area contributed by atoms with Crippen LogP contribution in [0.4, 0.5) is 5.69 Å². The summed E-state index contributed by atoms with van der Waals surface area (Å²) in [6.45, 7) is 0.580. The molecule has 1 aliphatic carbocycles. The van der Waals surface area contributed by atoms with Gasteiger partial charge in [0.1, 0.15) is 0 Å². The first-order chi connectivity index (χ1) is 8.65. The highest BCUT2D eigenvalue weighted by Gasteiger charge is 2.18. The highest BCUT2D eigenvalue weighted by molar-refractivity contribution is 14.1. The summed E-state index contributed by atoms with van der Waals surface area (Å²) < 4.78 is 1.14. The number of rotatable bonds is 5. The van der Waals surface area contributed by atoms with Crippen molar-refractivity contribution in [1.82, 2.24) is 0 Å². The Bertz CT molecular complexity index is 393. The van der Waals surface area contributed by atoms with Gasteiger partial charge in [0.15, 0.2) is 0 Å². The molecule has 0 saturated heterocycles. The standard InChI is InChI=1S/C14H19ClINO/c15-13-6-5-11(16)8-14(13)17-9-12(18)7-10-3-1-2-4-10/h5-6,8,10,12,17-18H,1-4,7,9H2. The molecule has 2 rings (SSSR count). The lowest BCUT2D eigenvalue weighted by molar-refractivity contribution is 0.155. The molecule has 1 saturated carbocycles. The van der Waals surface area contributed by atoms with Crippen molar-refractivity contribution in [3.63, 3.8) is 0 Å². The average Bonchev–Trinajstić information content (AvgIpc) is 2.83. The maximum atomic E-state index is 10.0. The van der Waals surface area contributed by atoms with Crippen LogP contribution in [0, 0.1) is 9.49 Å². The molecule has 0 radical (unpaired) electrons. The molecule has 0 spiro atoms. The van der Waals surface area contributed by atoms with E-state index < -0.39 is 0 Å². The molecule has 1 unspecified atom stereocenters. The lowest BCUT2D eigenvalue weighted by Crippen LogP contribution is -2.22. The predicted octanol–water partition coefficient (Wildman–Crippen LogP) is 4.30. The molecule has 0 heterocycles. The molecule has 1 aromatic rings. The van der Waals surface area contributed by atoms with Crippen molar-refractivity contribution in [3.8, 4) is 0 Å². The van der Waals surface area contributed by atoms with E-state index >= 15 is 0 Å². The van der Waals surface area contributed by atoms with Crippen LogP contribution < -0.4 is 5.32 Å². The Kier molecular flexibility index (Phi) is 5.57. The third-order valence-electron chi connectivity index (χ3n) is 3.54. The monoisotopic (exact) mass is 379 g/mol. The lowest BCUT2D eigenvalue weighted by Gasteiger charge is -2.17. The number of hydrogen-bond acceptors (Lipinski definition) is 2. The van der Waals surface area contributed by atoms with Crippen LogP contribution in [-0.2, 0) is 0 Å². The molecule has 2 N–H and O–H groups in total. The minimum absolute atomic E-state index is 0.276. The van der Waals surface area contributed by atoms with Gasteiger partial charge in [-0.2, -0.15) is 0 Å². The Balaban J connectivity index is 1.81. The molecule has 0 aliphatic heterocycles. The zero-order valence-corrected chi connectivity index (χ0v) is 13.2. The van der Waals surface area contributed by atoms with Gasteiger partial charge in [-0.15, -0.1) is 0 Å². The molecule has 4 heteroatoms. The maximum absolute atomic E-state index is 10.0. The first-order valence-corrected chi connectivity index (χ1v) is 7.98. The summed E-state index contributed by atoms with van der Waals surface area (Å²) in [5.74, 6) is 0.716. The highest BCUT2D eigenvalue weighted by Crippen LogP contribution is 2.29. The Morgan fingerprint density at radius 2 is 2.11 bits per heavy atom. The lowest BCUT2D eigenvalue weighted by atomic mass is 10.00. The van der Waals surface area contributed by atoms with E-state index in [-0.39, 0.29) is 6.10 Å². The third kappa shape index (κ3) is 4.28. The zero-order chi connectivity index (χ0) is 13.0. The molecule has 100 valence electrons. The first-order valence-electron chi connectivity index (χ1n) is 6.52. The quantitative estimate of drug-likeness (QED) is 0.748. The fourth-order valence-corrected chi connectivity index (χ4v) is 3.25.